The molecule has 1 aliphatic heterocycles. The summed E-state index contributed by atoms with van der Waals surface area (Å²) in [7, 11) is 0. The Bertz CT molecular complexity index is 1070. The van der Waals surface area contributed by atoms with Gasteiger partial charge < -0.3 is 14.5 Å². The summed E-state index contributed by atoms with van der Waals surface area (Å²) in [6, 6.07) is 14.8. The van der Waals surface area contributed by atoms with Crippen molar-refractivity contribution in [1.82, 2.24) is 14.8 Å². The average molecular weight is 438 g/mol. The quantitative estimate of drug-likeness (QED) is 0.525. The predicted molar refractivity (Wildman–Crippen MR) is 124 cm³/mol. The van der Waals surface area contributed by atoms with Crippen LogP contribution in [0, 0.1) is 0 Å². The summed E-state index contributed by atoms with van der Waals surface area (Å²) in [5, 5.41) is 12.0. The van der Waals surface area contributed by atoms with Crippen molar-refractivity contribution in [3.8, 4) is 0 Å². The second-order valence-electron chi connectivity index (χ2n) is 7.91. The zero-order chi connectivity index (χ0) is 21.2. The van der Waals surface area contributed by atoms with Crippen LogP contribution in [-0.4, -0.2) is 59.3 Å². The number of morpholine rings is 1. The number of benzene rings is 2. The molecule has 2 aliphatic rings. The van der Waals surface area contributed by atoms with Gasteiger partial charge in [-0.15, -0.1) is 10.2 Å². The lowest BCUT2D eigenvalue weighted by Crippen LogP contribution is -2.38. The Morgan fingerprint density at radius 1 is 1.13 bits per heavy atom. The van der Waals surface area contributed by atoms with Crippen molar-refractivity contribution in [3.05, 3.63) is 42.5 Å². The number of aromatic nitrogens is 3. The summed E-state index contributed by atoms with van der Waals surface area (Å²) in [5.41, 5.74) is 0.962. The zero-order valence-corrected chi connectivity index (χ0v) is 18.6. The van der Waals surface area contributed by atoms with Crippen molar-refractivity contribution in [3.63, 3.8) is 0 Å². The second kappa shape index (κ2) is 8.88. The van der Waals surface area contributed by atoms with Gasteiger partial charge in [-0.05, 0) is 31.2 Å². The van der Waals surface area contributed by atoms with Gasteiger partial charge in [0.15, 0.2) is 5.16 Å². The monoisotopic (exact) mass is 437 g/mol. The molecule has 1 saturated heterocycles. The number of carbonyl (C=O) groups is 1. The highest BCUT2D eigenvalue weighted by atomic mass is 32.2. The maximum absolute atomic E-state index is 13.2. The lowest BCUT2D eigenvalue weighted by molar-refractivity contribution is -0.116. The molecular formula is C23H27N5O2S. The molecule has 1 amide bonds. The molecule has 5 rings (SSSR count). The molecule has 1 aliphatic carbocycles. The molecule has 7 nitrogen and oxygen atoms in total. The summed E-state index contributed by atoms with van der Waals surface area (Å²) in [6.07, 6.45) is 2.29. The Morgan fingerprint density at radius 2 is 1.90 bits per heavy atom. The number of thioether (sulfide) groups is 1. The van der Waals surface area contributed by atoms with E-state index in [4.69, 9.17) is 4.74 Å². The summed E-state index contributed by atoms with van der Waals surface area (Å²) in [5.74, 6) is 1.34. The topological polar surface area (TPSA) is 63.5 Å². The Hall–Kier alpha value is -2.58. The fraction of sp³-hybridized carbons (Fsp3) is 0.435. The molecule has 0 unspecified atom stereocenters. The van der Waals surface area contributed by atoms with Gasteiger partial charge >= 0.3 is 0 Å². The SMILES string of the molecule is CCN(C(=O)CSc1nnc(N2CCOCC2)n1C1CC1)c1cccc2ccccc12. The molecule has 2 heterocycles. The van der Waals surface area contributed by atoms with Gasteiger partial charge in [0.25, 0.3) is 0 Å². The summed E-state index contributed by atoms with van der Waals surface area (Å²) in [6.45, 7) is 5.75. The number of ether oxygens (including phenoxy) is 1. The number of anilines is 2. The first-order valence-electron chi connectivity index (χ1n) is 10.9. The Morgan fingerprint density at radius 3 is 2.68 bits per heavy atom. The van der Waals surface area contributed by atoms with E-state index in [1.54, 1.807) is 0 Å². The third kappa shape index (κ3) is 4.14. The Labute approximate surface area is 186 Å². The second-order valence-corrected chi connectivity index (χ2v) is 8.85. The molecule has 1 aromatic heterocycles. The van der Waals surface area contributed by atoms with Crippen LogP contribution in [-0.2, 0) is 9.53 Å². The first-order valence-corrected chi connectivity index (χ1v) is 11.9. The van der Waals surface area contributed by atoms with Crippen LogP contribution in [0.2, 0.25) is 0 Å². The fourth-order valence-corrected chi connectivity index (χ4v) is 5.00. The van der Waals surface area contributed by atoms with E-state index in [9.17, 15) is 4.79 Å². The van der Waals surface area contributed by atoms with E-state index in [-0.39, 0.29) is 5.91 Å². The number of rotatable bonds is 7. The number of hydrogen-bond donors (Lipinski definition) is 0. The molecule has 0 atom stereocenters. The minimum atomic E-state index is 0.0853. The lowest BCUT2D eigenvalue weighted by Gasteiger charge is -2.28. The molecule has 162 valence electrons. The molecule has 1 saturated carbocycles. The summed E-state index contributed by atoms with van der Waals surface area (Å²) >= 11 is 1.49. The van der Waals surface area contributed by atoms with Crippen molar-refractivity contribution in [2.45, 2.75) is 31.0 Å². The van der Waals surface area contributed by atoms with Crippen molar-refractivity contribution in [2.75, 3.05) is 48.4 Å². The van der Waals surface area contributed by atoms with E-state index in [0.29, 0.717) is 18.3 Å². The molecule has 2 fully saturated rings. The number of fused-ring (bicyclic) bond motifs is 1. The molecular weight excluding hydrogens is 410 g/mol. The third-order valence-corrected chi connectivity index (χ3v) is 6.78. The zero-order valence-electron chi connectivity index (χ0n) is 17.7. The molecule has 31 heavy (non-hydrogen) atoms. The van der Waals surface area contributed by atoms with Crippen LogP contribution in [0.3, 0.4) is 0 Å². The van der Waals surface area contributed by atoms with Gasteiger partial charge in [-0.2, -0.15) is 0 Å². The molecule has 3 aromatic rings. The van der Waals surface area contributed by atoms with Crippen LogP contribution in [0.5, 0.6) is 0 Å². The van der Waals surface area contributed by atoms with Crippen molar-refractivity contribution in [2.24, 2.45) is 0 Å². The maximum atomic E-state index is 13.2. The van der Waals surface area contributed by atoms with E-state index in [1.165, 1.54) is 11.8 Å². The van der Waals surface area contributed by atoms with E-state index in [2.05, 4.69) is 37.9 Å². The molecule has 2 aromatic carbocycles. The van der Waals surface area contributed by atoms with E-state index in [0.717, 1.165) is 66.7 Å². The number of carbonyl (C=O) groups excluding carboxylic acids is 1. The Balaban J connectivity index is 1.34. The minimum absolute atomic E-state index is 0.0853. The average Bonchev–Trinajstić information content (AvgIpc) is 3.57. The van der Waals surface area contributed by atoms with Gasteiger partial charge in [0.1, 0.15) is 0 Å². The van der Waals surface area contributed by atoms with Crippen molar-refractivity contribution < 1.29 is 9.53 Å². The highest BCUT2D eigenvalue weighted by molar-refractivity contribution is 7.99. The number of nitrogens with zero attached hydrogens (tertiary/aromatic N) is 5. The standard InChI is InChI=1S/C23H27N5O2S/c1-2-27(20-9-5-7-17-6-3-4-8-19(17)20)21(29)16-31-23-25-24-22(28(23)18-10-11-18)26-12-14-30-15-13-26/h3-9,18H,2,10-16H2,1H3. The lowest BCUT2D eigenvalue weighted by atomic mass is 10.1. The fourth-order valence-electron chi connectivity index (χ4n) is 4.13. The van der Waals surface area contributed by atoms with Gasteiger partial charge in [0.05, 0.1) is 24.7 Å². The van der Waals surface area contributed by atoms with Crippen LogP contribution < -0.4 is 9.80 Å². The normalized spacial score (nSPS) is 16.6. The van der Waals surface area contributed by atoms with Gasteiger partial charge in [0.2, 0.25) is 11.9 Å². The van der Waals surface area contributed by atoms with Crippen LogP contribution in [0.15, 0.2) is 47.6 Å². The summed E-state index contributed by atoms with van der Waals surface area (Å²) < 4.78 is 7.71. The van der Waals surface area contributed by atoms with Crippen molar-refractivity contribution in [1.29, 1.82) is 0 Å². The highest BCUT2D eigenvalue weighted by Gasteiger charge is 2.32. The maximum Gasteiger partial charge on any atom is 0.237 e. The largest absolute Gasteiger partial charge is 0.378 e. The van der Waals surface area contributed by atoms with Gasteiger partial charge in [-0.3, -0.25) is 9.36 Å². The van der Waals surface area contributed by atoms with Gasteiger partial charge in [-0.1, -0.05) is 48.2 Å². The molecule has 8 heteroatoms. The molecule has 0 radical (unpaired) electrons. The number of hydrogen-bond acceptors (Lipinski definition) is 6. The number of amides is 1. The van der Waals surface area contributed by atoms with E-state index >= 15 is 0 Å². The first kappa shape index (κ1) is 20.3. The first-order chi connectivity index (χ1) is 15.3. The van der Waals surface area contributed by atoms with E-state index in [1.807, 2.05) is 36.1 Å². The molecule has 0 bridgehead atoms. The van der Waals surface area contributed by atoms with Crippen molar-refractivity contribution >= 4 is 40.1 Å². The summed E-state index contributed by atoms with van der Waals surface area (Å²) in [4.78, 5) is 17.3. The van der Waals surface area contributed by atoms with E-state index < -0.39 is 0 Å². The van der Waals surface area contributed by atoms with Crippen LogP contribution in [0.4, 0.5) is 11.6 Å². The molecule has 0 spiro atoms. The van der Waals surface area contributed by atoms with Crippen LogP contribution >= 0.6 is 11.8 Å². The van der Waals surface area contributed by atoms with Crippen LogP contribution in [0.1, 0.15) is 25.8 Å². The third-order valence-electron chi connectivity index (χ3n) is 5.85. The highest BCUT2D eigenvalue weighted by Crippen LogP contribution is 2.41. The molecule has 0 N–H and O–H groups in total. The minimum Gasteiger partial charge on any atom is -0.378 e. The Kier molecular flexibility index (Phi) is 5.82. The van der Waals surface area contributed by atoms with Crippen LogP contribution in [0.25, 0.3) is 10.8 Å². The van der Waals surface area contributed by atoms with Gasteiger partial charge in [0, 0.05) is 31.1 Å². The van der Waals surface area contributed by atoms with Gasteiger partial charge in [-0.25, -0.2) is 0 Å². The smallest absolute Gasteiger partial charge is 0.237 e. The predicted octanol–water partition coefficient (Wildman–Crippen LogP) is 3.75.